The third-order valence-electron chi connectivity index (χ3n) is 3.18. The largest absolute Gasteiger partial charge is 0.358 e. The van der Waals surface area contributed by atoms with Crippen LogP contribution in [0.1, 0.15) is 11.3 Å². The van der Waals surface area contributed by atoms with Crippen LogP contribution in [0.5, 0.6) is 0 Å². The molecule has 3 rings (SSSR count). The Hall–Kier alpha value is -2.07. The number of H-pyrrole nitrogens is 1. The molecule has 0 saturated carbocycles. The minimum Gasteiger partial charge on any atom is -0.358 e. The lowest BCUT2D eigenvalue weighted by Gasteiger charge is -2.00. The maximum atomic E-state index is 5.62. The number of aromatic amines is 1. The normalized spacial score (nSPS) is 11.2. The molecule has 0 aliphatic rings. The molecule has 0 aliphatic heterocycles. The van der Waals surface area contributed by atoms with E-state index in [1.54, 1.807) is 6.20 Å². The Labute approximate surface area is 105 Å². The molecule has 92 valence electrons. The van der Waals surface area contributed by atoms with Crippen molar-refractivity contribution in [1.29, 1.82) is 0 Å². The van der Waals surface area contributed by atoms with Gasteiger partial charge in [-0.05, 0) is 26.0 Å². The Morgan fingerprint density at radius 1 is 1.33 bits per heavy atom. The number of para-hydroxylation sites is 1. The average molecular weight is 241 g/mol. The lowest BCUT2D eigenvalue weighted by Crippen LogP contribution is -2.02. The van der Waals surface area contributed by atoms with Crippen LogP contribution >= 0.6 is 0 Å². The molecule has 0 aliphatic carbocycles. The monoisotopic (exact) mass is 241 g/mol. The average Bonchev–Trinajstić information content (AvgIpc) is 2.92. The van der Waals surface area contributed by atoms with Gasteiger partial charge in [0.2, 0.25) is 0 Å². The van der Waals surface area contributed by atoms with Gasteiger partial charge in [-0.1, -0.05) is 23.4 Å². The third-order valence-corrected chi connectivity index (χ3v) is 3.18. The molecule has 2 heterocycles. The smallest absolute Gasteiger partial charge is 0.172 e. The fraction of sp³-hybridized carbons (Fsp3) is 0.214. The van der Waals surface area contributed by atoms with E-state index in [0.29, 0.717) is 6.54 Å². The molecule has 0 unspecified atom stereocenters. The van der Waals surface area contributed by atoms with Crippen molar-refractivity contribution in [2.45, 2.75) is 13.3 Å². The number of benzene rings is 1. The van der Waals surface area contributed by atoms with Crippen LogP contribution in [0.2, 0.25) is 0 Å². The van der Waals surface area contributed by atoms with Gasteiger partial charge in [0.05, 0.1) is 6.20 Å². The molecule has 3 N–H and O–H groups in total. The molecule has 0 radical (unpaired) electrons. The van der Waals surface area contributed by atoms with Crippen LogP contribution in [-0.2, 0) is 6.42 Å². The molecule has 0 fully saturated rings. The molecule has 0 saturated heterocycles. The number of hydrogen-bond donors (Lipinski definition) is 2. The van der Waals surface area contributed by atoms with E-state index in [2.05, 4.69) is 22.3 Å². The van der Waals surface area contributed by atoms with Crippen molar-refractivity contribution in [2.24, 2.45) is 5.73 Å². The summed E-state index contributed by atoms with van der Waals surface area (Å²) in [4.78, 5) is 3.37. The SMILES string of the molecule is Cc1[nH]c2ccccc2c1-c1oncc1CCN. The van der Waals surface area contributed by atoms with E-state index in [0.717, 1.165) is 39.9 Å². The maximum absolute atomic E-state index is 5.62. The topological polar surface area (TPSA) is 67.8 Å². The Bertz CT molecular complexity index is 681. The molecule has 0 spiro atoms. The highest BCUT2D eigenvalue weighted by molar-refractivity contribution is 5.96. The zero-order valence-electron chi connectivity index (χ0n) is 10.2. The number of aryl methyl sites for hydroxylation is 1. The predicted molar refractivity (Wildman–Crippen MR) is 71.3 cm³/mol. The molecular weight excluding hydrogens is 226 g/mol. The van der Waals surface area contributed by atoms with Gasteiger partial charge >= 0.3 is 0 Å². The summed E-state index contributed by atoms with van der Waals surface area (Å²) in [6.45, 7) is 2.64. The van der Waals surface area contributed by atoms with Crippen molar-refractivity contribution in [3.8, 4) is 11.3 Å². The number of nitrogens with zero attached hydrogens (tertiary/aromatic N) is 1. The minimum absolute atomic E-state index is 0.593. The number of nitrogens with two attached hydrogens (primary N) is 1. The van der Waals surface area contributed by atoms with Crippen molar-refractivity contribution in [2.75, 3.05) is 6.54 Å². The van der Waals surface area contributed by atoms with Crippen molar-refractivity contribution in [1.82, 2.24) is 10.1 Å². The number of aromatic nitrogens is 2. The summed E-state index contributed by atoms with van der Waals surface area (Å²) in [6, 6.07) is 8.19. The van der Waals surface area contributed by atoms with Crippen LogP contribution in [0.25, 0.3) is 22.2 Å². The van der Waals surface area contributed by atoms with Crippen LogP contribution in [0, 0.1) is 6.92 Å². The molecule has 0 amide bonds. The fourth-order valence-corrected chi connectivity index (χ4v) is 2.37. The summed E-state index contributed by atoms with van der Waals surface area (Å²) in [7, 11) is 0. The molecule has 3 aromatic rings. The van der Waals surface area contributed by atoms with Crippen LogP contribution in [0.3, 0.4) is 0 Å². The summed E-state index contributed by atoms with van der Waals surface area (Å²) >= 11 is 0. The summed E-state index contributed by atoms with van der Waals surface area (Å²) in [5.41, 5.74) is 9.97. The Morgan fingerprint density at radius 2 is 2.17 bits per heavy atom. The van der Waals surface area contributed by atoms with Gasteiger partial charge in [-0.3, -0.25) is 0 Å². The number of nitrogens with one attached hydrogen (secondary N) is 1. The highest BCUT2D eigenvalue weighted by atomic mass is 16.5. The van der Waals surface area contributed by atoms with Gasteiger partial charge in [-0.15, -0.1) is 0 Å². The van der Waals surface area contributed by atoms with Gasteiger partial charge in [0.25, 0.3) is 0 Å². The lowest BCUT2D eigenvalue weighted by molar-refractivity contribution is 0.432. The van der Waals surface area contributed by atoms with E-state index >= 15 is 0 Å². The first kappa shape index (κ1) is 11.0. The molecular formula is C14H15N3O. The van der Waals surface area contributed by atoms with E-state index in [9.17, 15) is 0 Å². The van der Waals surface area contributed by atoms with E-state index in [1.807, 2.05) is 19.1 Å². The van der Waals surface area contributed by atoms with Crippen LogP contribution in [-0.4, -0.2) is 16.7 Å². The van der Waals surface area contributed by atoms with E-state index < -0.39 is 0 Å². The summed E-state index contributed by atoms with van der Waals surface area (Å²) in [5, 5.41) is 5.06. The zero-order chi connectivity index (χ0) is 12.5. The summed E-state index contributed by atoms with van der Waals surface area (Å²) < 4.78 is 5.42. The Morgan fingerprint density at radius 3 is 3.00 bits per heavy atom. The lowest BCUT2D eigenvalue weighted by atomic mass is 10.0. The zero-order valence-corrected chi connectivity index (χ0v) is 10.2. The molecule has 0 atom stereocenters. The Kier molecular flexibility index (Phi) is 2.64. The van der Waals surface area contributed by atoms with Gasteiger partial charge in [-0.25, -0.2) is 0 Å². The van der Waals surface area contributed by atoms with E-state index in [-0.39, 0.29) is 0 Å². The van der Waals surface area contributed by atoms with Gasteiger partial charge < -0.3 is 15.2 Å². The first-order chi connectivity index (χ1) is 8.81. The molecule has 4 heteroatoms. The molecule has 0 bridgehead atoms. The molecule has 18 heavy (non-hydrogen) atoms. The second-order valence-corrected chi connectivity index (χ2v) is 4.39. The van der Waals surface area contributed by atoms with Crippen molar-refractivity contribution >= 4 is 10.9 Å². The molecule has 4 nitrogen and oxygen atoms in total. The molecule has 1 aromatic carbocycles. The van der Waals surface area contributed by atoms with Crippen LogP contribution in [0.15, 0.2) is 35.0 Å². The first-order valence-corrected chi connectivity index (χ1v) is 6.02. The third kappa shape index (κ3) is 1.62. The second kappa shape index (κ2) is 4.31. The maximum Gasteiger partial charge on any atom is 0.172 e. The predicted octanol–water partition coefficient (Wildman–Crippen LogP) is 2.63. The Balaban J connectivity index is 2.24. The van der Waals surface area contributed by atoms with E-state index in [4.69, 9.17) is 10.3 Å². The molecule has 2 aromatic heterocycles. The number of hydrogen-bond acceptors (Lipinski definition) is 3. The summed E-state index contributed by atoms with van der Waals surface area (Å²) in [6.07, 6.45) is 2.53. The summed E-state index contributed by atoms with van der Waals surface area (Å²) in [5.74, 6) is 0.829. The van der Waals surface area contributed by atoms with Crippen molar-refractivity contribution in [3.63, 3.8) is 0 Å². The van der Waals surface area contributed by atoms with Crippen molar-refractivity contribution in [3.05, 3.63) is 41.7 Å². The minimum atomic E-state index is 0.593. The van der Waals surface area contributed by atoms with E-state index in [1.165, 1.54) is 0 Å². The van der Waals surface area contributed by atoms with Crippen LogP contribution < -0.4 is 5.73 Å². The van der Waals surface area contributed by atoms with Crippen LogP contribution in [0.4, 0.5) is 0 Å². The number of fused-ring (bicyclic) bond motifs is 1. The standard InChI is InChI=1S/C14H15N3O/c1-9-13(11-4-2-3-5-12(11)17-9)14-10(6-7-15)8-16-18-14/h2-5,8,17H,6-7,15H2,1H3. The highest BCUT2D eigenvalue weighted by Gasteiger charge is 2.17. The van der Waals surface area contributed by atoms with Gasteiger partial charge in [0, 0.05) is 27.7 Å². The highest BCUT2D eigenvalue weighted by Crippen LogP contribution is 2.34. The first-order valence-electron chi connectivity index (χ1n) is 6.02. The van der Waals surface area contributed by atoms with Crippen molar-refractivity contribution < 1.29 is 4.52 Å². The second-order valence-electron chi connectivity index (χ2n) is 4.39. The van der Waals surface area contributed by atoms with Gasteiger partial charge in [-0.2, -0.15) is 0 Å². The van der Waals surface area contributed by atoms with Gasteiger partial charge in [0.1, 0.15) is 0 Å². The quantitative estimate of drug-likeness (QED) is 0.740. The number of rotatable bonds is 3. The van der Waals surface area contributed by atoms with Gasteiger partial charge in [0.15, 0.2) is 5.76 Å². The fourth-order valence-electron chi connectivity index (χ4n) is 2.37.